The van der Waals surface area contributed by atoms with Gasteiger partial charge in [0.1, 0.15) is 5.82 Å². The third kappa shape index (κ3) is 6.01. The molecule has 3 nitrogen and oxygen atoms in total. The molecule has 0 saturated carbocycles. The van der Waals surface area contributed by atoms with Gasteiger partial charge in [-0.2, -0.15) is 0 Å². The largest absolute Gasteiger partial charge is 0.490 e. The Kier molecular flexibility index (Phi) is 7.72. The van der Waals surface area contributed by atoms with Gasteiger partial charge >= 0.3 is 0 Å². The topological polar surface area (TPSA) is 30.5 Å². The monoisotopic (exact) mass is 409 g/mol. The average molecular weight is 410 g/mol. The summed E-state index contributed by atoms with van der Waals surface area (Å²) in [6.07, 6.45) is 0.723. The number of nitrogens with one attached hydrogen (secondary N) is 1. The molecule has 0 spiro atoms. The second-order valence-electron chi connectivity index (χ2n) is 6.02. The molecule has 136 valence electrons. The summed E-state index contributed by atoms with van der Waals surface area (Å²) in [6, 6.07) is 10.9. The highest BCUT2D eigenvalue weighted by molar-refractivity contribution is 9.10. The molecule has 5 heteroatoms. The SMILES string of the molecule is CCOc1cc(CNCCc2ccccc2F)cc(Br)c1OC(C)C. The minimum absolute atomic E-state index is 0.0697. The zero-order chi connectivity index (χ0) is 18.2. The lowest BCUT2D eigenvalue weighted by Gasteiger charge is -2.17. The predicted octanol–water partition coefficient (Wildman–Crippen LogP) is 5.11. The molecule has 0 unspecified atom stereocenters. The van der Waals surface area contributed by atoms with Crippen LogP contribution in [-0.4, -0.2) is 19.3 Å². The van der Waals surface area contributed by atoms with Crippen LogP contribution >= 0.6 is 15.9 Å². The first-order chi connectivity index (χ1) is 12.0. The van der Waals surface area contributed by atoms with Crippen LogP contribution in [0.25, 0.3) is 0 Å². The van der Waals surface area contributed by atoms with Crippen molar-refractivity contribution in [3.8, 4) is 11.5 Å². The summed E-state index contributed by atoms with van der Waals surface area (Å²) >= 11 is 3.57. The Morgan fingerprint density at radius 1 is 1.20 bits per heavy atom. The summed E-state index contributed by atoms with van der Waals surface area (Å²) < 4.78 is 26.1. The summed E-state index contributed by atoms with van der Waals surface area (Å²) in [5.74, 6) is 1.31. The number of hydrogen-bond donors (Lipinski definition) is 1. The molecule has 1 N–H and O–H groups in total. The van der Waals surface area contributed by atoms with E-state index in [9.17, 15) is 4.39 Å². The number of hydrogen-bond acceptors (Lipinski definition) is 3. The molecule has 25 heavy (non-hydrogen) atoms. The third-order valence-electron chi connectivity index (χ3n) is 3.58. The van der Waals surface area contributed by atoms with Crippen molar-refractivity contribution in [1.82, 2.24) is 5.32 Å². The normalized spacial score (nSPS) is 11.0. The van der Waals surface area contributed by atoms with Gasteiger partial charge in [-0.25, -0.2) is 4.39 Å². The van der Waals surface area contributed by atoms with Gasteiger partial charge in [0.15, 0.2) is 11.5 Å². The molecule has 2 rings (SSSR count). The Hall–Kier alpha value is -1.59. The third-order valence-corrected chi connectivity index (χ3v) is 4.17. The van der Waals surface area contributed by atoms with Crippen molar-refractivity contribution in [3.05, 3.63) is 57.8 Å². The summed E-state index contributed by atoms with van der Waals surface area (Å²) in [7, 11) is 0. The lowest BCUT2D eigenvalue weighted by atomic mass is 10.1. The lowest BCUT2D eigenvalue weighted by Crippen LogP contribution is -2.17. The van der Waals surface area contributed by atoms with E-state index in [0.29, 0.717) is 26.1 Å². The van der Waals surface area contributed by atoms with E-state index in [2.05, 4.69) is 21.2 Å². The number of halogens is 2. The summed E-state index contributed by atoms with van der Waals surface area (Å²) in [6.45, 7) is 7.87. The number of ether oxygens (including phenoxy) is 2. The van der Waals surface area contributed by atoms with Gasteiger partial charge < -0.3 is 14.8 Å². The van der Waals surface area contributed by atoms with Gasteiger partial charge in [0.2, 0.25) is 0 Å². The minimum atomic E-state index is -0.152. The Bertz CT molecular complexity index is 691. The van der Waals surface area contributed by atoms with Crippen LogP contribution < -0.4 is 14.8 Å². The van der Waals surface area contributed by atoms with Crippen molar-refractivity contribution in [1.29, 1.82) is 0 Å². The van der Waals surface area contributed by atoms with Crippen LogP contribution in [0, 0.1) is 5.82 Å². The van der Waals surface area contributed by atoms with E-state index >= 15 is 0 Å². The highest BCUT2D eigenvalue weighted by Crippen LogP contribution is 2.37. The highest BCUT2D eigenvalue weighted by Gasteiger charge is 2.13. The first kappa shape index (κ1) is 19.7. The Labute approximate surface area is 157 Å². The fraction of sp³-hybridized carbons (Fsp3) is 0.400. The van der Waals surface area contributed by atoms with E-state index in [4.69, 9.17) is 9.47 Å². The fourth-order valence-electron chi connectivity index (χ4n) is 2.49. The van der Waals surface area contributed by atoms with Gasteiger partial charge in [-0.05, 0) is 79.0 Å². The first-order valence-electron chi connectivity index (χ1n) is 8.57. The molecule has 0 amide bonds. The standard InChI is InChI=1S/C20H25BrFNO2/c1-4-24-19-12-15(11-17(21)20(19)25-14(2)3)13-23-10-9-16-7-5-6-8-18(16)22/h5-8,11-12,14,23H,4,9-10,13H2,1-3H3. The van der Waals surface area contributed by atoms with Gasteiger partial charge in [0.25, 0.3) is 0 Å². The summed E-state index contributed by atoms with van der Waals surface area (Å²) in [5.41, 5.74) is 1.81. The molecule has 0 bridgehead atoms. The van der Waals surface area contributed by atoms with E-state index in [-0.39, 0.29) is 11.9 Å². The van der Waals surface area contributed by atoms with E-state index in [1.807, 2.05) is 45.0 Å². The number of benzene rings is 2. The molecule has 0 aliphatic carbocycles. The smallest absolute Gasteiger partial charge is 0.175 e. The van der Waals surface area contributed by atoms with Crippen LogP contribution in [-0.2, 0) is 13.0 Å². The second kappa shape index (κ2) is 9.78. The van der Waals surface area contributed by atoms with Crippen LogP contribution in [0.5, 0.6) is 11.5 Å². The maximum absolute atomic E-state index is 13.6. The summed E-state index contributed by atoms with van der Waals surface area (Å²) in [5, 5.41) is 3.35. The van der Waals surface area contributed by atoms with E-state index < -0.39 is 0 Å². The maximum atomic E-state index is 13.6. The highest BCUT2D eigenvalue weighted by atomic mass is 79.9. The molecule has 0 heterocycles. The zero-order valence-corrected chi connectivity index (χ0v) is 16.5. The van der Waals surface area contributed by atoms with Crippen LogP contribution in [0.1, 0.15) is 31.9 Å². The molecule has 2 aromatic rings. The molecule has 0 atom stereocenters. The van der Waals surface area contributed by atoms with Crippen molar-refractivity contribution in [2.75, 3.05) is 13.2 Å². The van der Waals surface area contributed by atoms with Crippen LogP contribution in [0.4, 0.5) is 4.39 Å². The van der Waals surface area contributed by atoms with Crippen molar-refractivity contribution in [3.63, 3.8) is 0 Å². The average Bonchev–Trinajstić information content (AvgIpc) is 2.56. The van der Waals surface area contributed by atoms with Gasteiger partial charge in [-0.15, -0.1) is 0 Å². The van der Waals surface area contributed by atoms with Crippen LogP contribution in [0.3, 0.4) is 0 Å². The molecule has 0 radical (unpaired) electrons. The van der Waals surface area contributed by atoms with Gasteiger partial charge in [0.05, 0.1) is 17.2 Å². The molecule has 0 aliphatic rings. The molecular weight excluding hydrogens is 385 g/mol. The van der Waals surface area contributed by atoms with E-state index in [1.54, 1.807) is 6.07 Å². The number of rotatable bonds is 9. The Balaban J connectivity index is 1.98. The Morgan fingerprint density at radius 2 is 1.96 bits per heavy atom. The van der Waals surface area contributed by atoms with Crippen LogP contribution in [0.2, 0.25) is 0 Å². The van der Waals surface area contributed by atoms with Crippen molar-refractivity contribution in [2.24, 2.45) is 0 Å². The van der Waals surface area contributed by atoms with Crippen LogP contribution in [0.15, 0.2) is 40.9 Å². The van der Waals surface area contributed by atoms with Gasteiger partial charge in [0, 0.05) is 6.54 Å². The van der Waals surface area contributed by atoms with E-state index in [0.717, 1.165) is 27.1 Å². The molecule has 0 aliphatic heterocycles. The maximum Gasteiger partial charge on any atom is 0.175 e. The molecule has 2 aromatic carbocycles. The summed E-state index contributed by atoms with van der Waals surface area (Å²) in [4.78, 5) is 0. The quantitative estimate of drug-likeness (QED) is 0.583. The molecule has 0 fully saturated rings. The fourth-order valence-corrected chi connectivity index (χ4v) is 3.08. The second-order valence-corrected chi connectivity index (χ2v) is 6.88. The molecule has 0 saturated heterocycles. The van der Waals surface area contributed by atoms with Gasteiger partial charge in [-0.1, -0.05) is 18.2 Å². The van der Waals surface area contributed by atoms with Crippen molar-refractivity contribution >= 4 is 15.9 Å². The van der Waals surface area contributed by atoms with Gasteiger partial charge in [-0.3, -0.25) is 0 Å². The Morgan fingerprint density at radius 3 is 2.64 bits per heavy atom. The van der Waals surface area contributed by atoms with E-state index in [1.165, 1.54) is 6.07 Å². The van der Waals surface area contributed by atoms with Crippen molar-refractivity contribution in [2.45, 2.75) is 39.8 Å². The minimum Gasteiger partial charge on any atom is -0.490 e. The molecule has 0 aromatic heterocycles. The van der Waals surface area contributed by atoms with Crippen molar-refractivity contribution < 1.29 is 13.9 Å². The lowest BCUT2D eigenvalue weighted by molar-refractivity contribution is 0.222. The predicted molar refractivity (Wildman–Crippen MR) is 103 cm³/mol. The first-order valence-corrected chi connectivity index (χ1v) is 9.36. The zero-order valence-electron chi connectivity index (χ0n) is 14.9. The molecular formula is C20H25BrFNO2.